The highest BCUT2D eigenvalue weighted by atomic mass is 16.5. The summed E-state index contributed by atoms with van der Waals surface area (Å²) in [4.78, 5) is 19.3. The third-order valence-electron chi connectivity index (χ3n) is 6.81. The fourth-order valence-electron chi connectivity index (χ4n) is 5.02. The van der Waals surface area contributed by atoms with Gasteiger partial charge in [-0.05, 0) is 42.2 Å². The van der Waals surface area contributed by atoms with Gasteiger partial charge in [0.2, 0.25) is 11.4 Å². The van der Waals surface area contributed by atoms with Gasteiger partial charge in [0.05, 0.1) is 7.11 Å². The van der Waals surface area contributed by atoms with Gasteiger partial charge in [0.25, 0.3) is 5.91 Å². The molecule has 34 heavy (non-hydrogen) atoms. The number of rotatable bonds is 6. The zero-order valence-corrected chi connectivity index (χ0v) is 19.4. The van der Waals surface area contributed by atoms with Crippen LogP contribution in [0, 0.1) is 0 Å². The molecule has 5 heteroatoms. The molecule has 0 saturated heterocycles. The summed E-state index contributed by atoms with van der Waals surface area (Å²) in [6.07, 6.45) is 4.91. The van der Waals surface area contributed by atoms with Gasteiger partial charge in [0, 0.05) is 11.6 Å². The average molecular weight is 455 g/mol. The molecule has 0 unspecified atom stereocenters. The quantitative estimate of drug-likeness (QED) is 0.531. The van der Waals surface area contributed by atoms with Crippen molar-refractivity contribution in [1.82, 2.24) is 5.32 Å². The number of ether oxygens (including phenoxy) is 2. The Bertz CT molecular complexity index is 1160. The highest BCUT2D eigenvalue weighted by Crippen LogP contribution is 2.47. The summed E-state index contributed by atoms with van der Waals surface area (Å²) in [7, 11) is 1.63. The molecule has 2 aliphatic rings. The highest BCUT2D eigenvalue weighted by molar-refractivity contribution is 6.01. The first-order valence-electron chi connectivity index (χ1n) is 12.0. The second-order valence-corrected chi connectivity index (χ2v) is 9.00. The number of aliphatic imine (C=N–C) groups is 1. The summed E-state index contributed by atoms with van der Waals surface area (Å²) in [5.41, 5.74) is 1.27. The van der Waals surface area contributed by atoms with Crippen LogP contribution in [0.25, 0.3) is 0 Å². The molecule has 1 heterocycles. The van der Waals surface area contributed by atoms with Crippen molar-refractivity contribution in [3.05, 3.63) is 102 Å². The van der Waals surface area contributed by atoms with Crippen molar-refractivity contribution in [2.24, 2.45) is 4.99 Å². The second kappa shape index (κ2) is 9.72. The fourth-order valence-corrected chi connectivity index (χ4v) is 5.02. The Labute approximate surface area is 200 Å². The molecule has 174 valence electrons. The summed E-state index contributed by atoms with van der Waals surface area (Å²) in [6, 6.07) is 27.5. The van der Waals surface area contributed by atoms with E-state index >= 15 is 0 Å². The molecule has 1 N–H and O–H groups in total. The Kier molecular flexibility index (Phi) is 6.35. The monoisotopic (exact) mass is 454 g/mol. The minimum Gasteiger partial charge on any atom is -0.497 e. The molecule has 0 radical (unpaired) electrons. The van der Waals surface area contributed by atoms with Crippen molar-refractivity contribution in [2.75, 3.05) is 7.11 Å². The summed E-state index contributed by atoms with van der Waals surface area (Å²) in [5, 5.41) is 3.34. The van der Waals surface area contributed by atoms with Crippen LogP contribution < -0.4 is 10.1 Å². The molecule has 0 aromatic heterocycles. The lowest BCUT2D eigenvalue weighted by molar-refractivity contribution is -0.130. The van der Waals surface area contributed by atoms with E-state index in [1.165, 1.54) is 6.42 Å². The predicted molar refractivity (Wildman–Crippen MR) is 133 cm³/mol. The Balaban J connectivity index is 1.65. The Morgan fingerprint density at radius 3 is 2.35 bits per heavy atom. The largest absolute Gasteiger partial charge is 0.497 e. The van der Waals surface area contributed by atoms with E-state index in [9.17, 15) is 4.79 Å². The summed E-state index contributed by atoms with van der Waals surface area (Å²) >= 11 is 0. The smallest absolute Gasteiger partial charge is 0.257 e. The lowest BCUT2D eigenvalue weighted by Gasteiger charge is -2.33. The zero-order chi connectivity index (χ0) is 23.4. The molecule has 1 amide bonds. The average Bonchev–Trinajstić information content (AvgIpc) is 3.32. The van der Waals surface area contributed by atoms with E-state index in [1.54, 1.807) is 7.11 Å². The number of nitrogens with one attached hydrogen (secondary N) is 1. The predicted octanol–water partition coefficient (Wildman–Crippen LogP) is 5.56. The number of amides is 1. The number of benzene rings is 3. The van der Waals surface area contributed by atoms with Crippen molar-refractivity contribution in [3.8, 4) is 5.75 Å². The summed E-state index contributed by atoms with van der Waals surface area (Å²) < 4.78 is 12.0. The van der Waals surface area contributed by atoms with Crippen LogP contribution in [0.2, 0.25) is 0 Å². The minimum absolute atomic E-state index is 0.114. The number of hydrogen-bond donors (Lipinski definition) is 1. The molecule has 2 atom stereocenters. The summed E-state index contributed by atoms with van der Waals surface area (Å²) in [6.45, 7) is 0. The number of hydrogen-bond acceptors (Lipinski definition) is 4. The second-order valence-electron chi connectivity index (χ2n) is 9.00. The van der Waals surface area contributed by atoms with Gasteiger partial charge in [-0.15, -0.1) is 0 Å². The van der Waals surface area contributed by atoms with Crippen molar-refractivity contribution >= 4 is 11.8 Å². The van der Waals surface area contributed by atoms with Crippen LogP contribution in [-0.2, 0) is 15.1 Å². The van der Waals surface area contributed by atoms with Gasteiger partial charge in [-0.25, -0.2) is 4.99 Å². The lowest BCUT2D eigenvalue weighted by Crippen LogP contribution is -2.49. The van der Waals surface area contributed by atoms with E-state index in [2.05, 4.69) is 5.32 Å². The molecular formula is C29H30N2O3. The third-order valence-corrected chi connectivity index (χ3v) is 6.81. The topological polar surface area (TPSA) is 59.9 Å². The van der Waals surface area contributed by atoms with Crippen molar-refractivity contribution in [2.45, 2.75) is 49.8 Å². The van der Waals surface area contributed by atoms with Crippen molar-refractivity contribution in [1.29, 1.82) is 0 Å². The van der Waals surface area contributed by atoms with Gasteiger partial charge in [0.15, 0.2) is 6.10 Å². The lowest BCUT2D eigenvalue weighted by atomic mass is 9.80. The van der Waals surface area contributed by atoms with Gasteiger partial charge in [0.1, 0.15) is 5.75 Å². The SMILES string of the molecule is COc1cccc(C2=N[C@](C(=O)NC3CCCCC3)(c3ccccc3)[C@H](c3ccccc3)O2)c1. The van der Waals surface area contributed by atoms with E-state index in [-0.39, 0.29) is 11.9 Å². The molecule has 1 saturated carbocycles. The molecule has 3 aromatic carbocycles. The van der Waals surface area contributed by atoms with Crippen LogP contribution in [0.15, 0.2) is 89.9 Å². The normalized spacial score (nSPS) is 22.5. The molecule has 0 bridgehead atoms. The van der Waals surface area contributed by atoms with Gasteiger partial charge < -0.3 is 14.8 Å². The maximum Gasteiger partial charge on any atom is 0.257 e. The summed E-state index contributed by atoms with van der Waals surface area (Å²) in [5.74, 6) is 1.04. The molecule has 5 rings (SSSR count). The molecular weight excluding hydrogens is 424 g/mol. The Morgan fingerprint density at radius 2 is 1.65 bits per heavy atom. The van der Waals surface area contributed by atoms with Crippen LogP contribution >= 0.6 is 0 Å². The Morgan fingerprint density at radius 1 is 0.941 bits per heavy atom. The number of carbonyl (C=O) groups is 1. The molecule has 0 spiro atoms. The van der Waals surface area contributed by atoms with Crippen LogP contribution in [-0.4, -0.2) is 25.0 Å². The van der Waals surface area contributed by atoms with Gasteiger partial charge in [-0.1, -0.05) is 86.0 Å². The molecule has 3 aromatic rings. The van der Waals surface area contributed by atoms with Crippen molar-refractivity contribution < 1.29 is 14.3 Å². The van der Waals surface area contributed by atoms with E-state index in [4.69, 9.17) is 14.5 Å². The maximum atomic E-state index is 14.2. The first kappa shape index (κ1) is 22.2. The molecule has 1 aliphatic heterocycles. The molecule has 5 nitrogen and oxygen atoms in total. The molecule has 1 fully saturated rings. The number of nitrogens with zero attached hydrogens (tertiary/aromatic N) is 1. The first-order chi connectivity index (χ1) is 16.7. The third kappa shape index (κ3) is 4.18. The van der Waals surface area contributed by atoms with Crippen LogP contribution in [0.1, 0.15) is 54.9 Å². The van der Waals surface area contributed by atoms with E-state index < -0.39 is 11.6 Å². The van der Waals surface area contributed by atoms with Gasteiger partial charge in [-0.3, -0.25) is 4.79 Å². The zero-order valence-electron chi connectivity index (χ0n) is 19.4. The van der Waals surface area contributed by atoms with Gasteiger partial charge >= 0.3 is 0 Å². The fraction of sp³-hybridized carbons (Fsp3) is 0.310. The van der Waals surface area contributed by atoms with Crippen LogP contribution in [0.3, 0.4) is 0 Å². The highest BCUT2D eigenvalue weighted by Gasteiger charge is 2.55. The first-order valence-corrected chi connectivity index (χ1v) is 12.0. The van der Waals surface area contributed by atoms with E-state index in [0.717, 1.165) is 42.4 Å². The standard InChI is InChI=1S/C29H30N2O3/c1-33-25-19-11-14-22(20-25)27-31-29(23-15-7-3-8-16-23,26(34-27)21-12-5-2-6-13-21)28(32)30-24-17-9-4-10-18-24/h2-3,5-8,11-16,19-20,24,26H,4,9-10,17-18H2,1H3,(H,30,32)/t26-,29+/m0/s1. The van der Waals surface area contributed by atoms with Crippen molar-refractivity contribution in [3.63, 3.8) is 0 Å². The van der Waals surface area contributed by atoms with E-state index in [0.29, 0.717) is 11.6 Å². The Hall–Kier alpha value is -3.60. The van der Waals surface area contributed by atoms with Gasteiger partial charge in [-0.2, -0.15) is 0 Å². The van der Waals surface area contributed by atoms with Crippen LogP contribution in [0.5, 0.6) is 5.75 Å². The number of methoxy groups -OCH3 is 1. The molecule has 1 aliphatic carbocycles. The van der Waals surface area contributed by atoms with Crippen LogP contribution in [0.4, 0.5) is 0 Å². The maximum absolute atomic E-state index is 14.2. The minimum atomic E-state index is -1.24. The van der Waals surface area contributed by atoms with E-state index in [1.807, 2.05) is 84.9 Å². The number of carbonyl (C=O) groups excluding carboxylic acids is 1.